The number of sulfonamides is 1. The van der Waals surface area contributed by atoms with Crippen molar-refractivity contribution in [3.63, 3.8) is 0 Å². The molecule has 2 aromatic heterocycles. The summed E-state index contributed by atoms with van der Waals surface area (Å²) >= 11 is 3.28. The quantitative estimate of drug-likeness (QED) is 0.706. The molecule has 1 aromatic carbocycles. The summed E-state index contributed by atoms with van der Waals surface area (Å²) in [6.07, 6.45) is 3.82. The van der Waals surface area contributed by atoms with Crippen molar-refractivity contribution in [1.82, 2.24) is 14.7 Å². The predicted molar refractivity (Wildman–Crippen MR) is 97.3 cm³/mol. The first-order valence-electron chi connectivity index (χ1n) is 7.41. The van der Waals surface area contributed by atoms with Crippen molar-refractivity contribution in [3.8, 4) is 0 Å². The zero-order valence-corrected chi connectivity index (χ0v) is 15.4. The fourth-order valence-electron chi connectivity index (χ4n) is 2.46. The molecule has 5 nitrogen and oxygen atoms in total. The summed E-state index contributed by atoms with van der Waals surface area (Å²) in [4.78, 5) is 8.39. The van der Waals surface area contributed by atoms with E-state index in [1.54, 1.807) is 19.2 Å². The highest BCUT2D eigenvalue weighted by molar-refractivity contribution is 9.10. The molecule has 0 fully saturated rings. The second-order valence-corrected chi connectivity index (χ2v) is 8.06. The molecule has 0 aliphatic rings. The topological polar surface area (TPSA) is 72.0 Å². The first-order valence-corrected chi connectivity index (χ1v) is 9.69. The van der Waals surface area contributed by atoms with Gasteiger partial charge in [0.2, 0.25) is 0 Å². The van der Waals surface area contributed by atoms with Gasteiger partial charge in [-0.2, -0.15) is 0 Å². The van der Waals surface area contributed by atoms with Crippen molar-refractivity contribution in [1.29, 1.82) is 0 Å². The molecule has 0 saturated heterocycles. The molecule has 0 bridgehead atoms. The summed E-state index contributed by atoms with van der Waals surface area (Å²) in [5.74, 6) is 0. The Labute approximate surface area is 149 Å². The lowest BCUT2D eigenvalue weighted by Crippen LogP contribution is -2.27. The number of nitrogens with one attached hydrogen (secondary N) is 1. The van der Waals surface area contributed by atoms with E-state index in [0.717, 1.165) is 20.9 Å². The maximum absolute atomic E-state index is 12.4. The maximum Gasteiger partial charge on any atom is 0.258 e. The number of hydrogen-bond acceptors (Lipinski definition) is 4. The molecule has 24 heavy (non-hydrogen) atoms. The number of rotatable bonds is 5. The molecule has 0 unspecified atom stereocenters. The van der Waals surface area contributed by atoms with Crippen LogP contribution in [0.4, 0.5) is 0 Å². The van der Waals surface area contributed by atoms with Gasteiger partial charge in [0.1, 0.15) is 0 Å². The van der Waals surface area contributed by atoms with Crippen LogP contribution in [-0.2, 0) is 16.4 Å². The van der Waals surface area contributed by atoms with E-state index in [9.17, 15) is 8.42 Å². The van der Waals surface area contributed by atoms with Gasteiger partial charge >= 0.3 is 0 Å². The average molecular weight is 406 g/mol. The van der Waals surface area contributed by atoms with Crippen molar-refractivity contribution in [2.45, 2.75) is 18.4 Å². The van der Waals surface area contributed by atoms with Crippen LogP contribution in [-0.4, -0.2) is 24.9 Å². The van der Waals surface area contributed by atoms with E-state index in [-0.39, 0.29) is 5.03 Å². The molecule has 2 heterocycles. The molecule has 0 saturated carbocycles. The number of para-hydroxylation sites is 1. The molecule has 3 aromatic rings. The summed E-state index contributed by atoms with van der Waals surface area (Å²) in [5, 5.41) is 1.10. The highest BCUT2D eigenvalue weighted by atomic mass is 79.9. The molecule has 0 amide bonds. The molecule has 3 rings (SSSR count). The Morgan fingerprint density at radius 1 is 1.12 bits per heavy atom. The normalized spacial score (nSPS) is 11.8. The van der Waals surface area contributed by atoms with Gasteiger partial charge in [0.25, 0.3) is 10.0 Å². The minimum atomic E-state index is -3.62. The molecular formula is C17H16BrN3O2S. The largest absolute Gasteiger partial charge is 0.258 e. The van der Waals surface area contributed by atoms with Crippen LogP contribution in [0.3, 0.4) is 0 Å². The third-order valence-electron chi connectivity index (χ3n) is 3.60. The Bertz CT molecular complexity index is 990. The zero-order valence-electron chi connectivity index (χ0n) is 13.0. The van der Waals surface area contributed by atoms with Crippen molar-refractivity contribution >= 4 is 36.9 Å². The summed E-state index contributed by atoms with van der Waals surface area (Å²) in [6.45, 7) is 2.01. The van der Waals surface area contributed by atoms with Gasteiger partial charge in [-0.3, -0.25) is 4.98 Å². The minimum Gasteiger partial charge on any atom is -0.256 e. The molecule has 0 aliphatic heterocycles. The molecular weight excluding hydrogens is 390 g/mol. The smallest absolute Gasteiger partial charge is 0.256 e. The standard InChI is InChI=1S/C17H16BrN3O2S/c1-12-8-15(18)11-20-17(12)24(22,23)21-7-6-13-9-14-4-2-3-5-16(14)19-10-13/h2-5,8-11,21H,6-7H2,1H3. The van der Waals surface area contributed by atoms with Crippen LogP contribution >= 0.6 is 15.9 Å². The summed E-state index contributed by atoms with van der Waals surface area (Å²) in [5.41, 5.74) is 2.51. The molecule has 1 N–H and O–H groups in total. The second-order valence-electron chi connectivity index (χ2n) is 5.46. The van der Waals surface area contributed by atoms with E-state index in [2.05, 4.69) is 30.6 Å². The van der Waals surface area contributed by atoms with E-state index in [0.29, 0.717) is 18.5 Å². The van der Waals surface area contributed by atoms with Crippen LogP contribution < -0.4 is 4.72 Å². The highest BCUT2D eigenvalue weighted by Crippen LogP contribution is 2.17. The van der Waals surface area contributed by atoms with Crippen molar-refractivity contribution < 1.29 is 8.42 Å². The van der Waals surface area contributed by atoms with Crippen molar-refractivity contribution in [3.05, 3.63) is 64.4 Å². The molecule has 0 spiro atoms. The number of pyridine rings is 2. The first-order chi connectivity index (χ1) is 11.5. The summed E-state index contributed by atoms with van der Waals surface area (Å²) in [6, 6.07) is 11.6. The molecule has 7 heteroatoms. The second kappa shape index (κ2) is 6.96. The lowest BCUT2D eigenvalue weighted by Gasteiger charge is -2.09. The van der Waals surface area contributed by atoms with Crippen LogP contribution in [0, 0.1) is 6.92 Å². The molecule has 124 valence electrons. The SMILES string of the molecule is Cc1cc(Br)cnc1S(=O)(=O)NCCc1cnc2ccccc2c1. The van der Waals surface area contributed by atoms with E-state index in [1.165, 1.54) is 6.20 Å². The Kier molecular flexibility index (Phi) is 4.93. The Hall–Kier alpha value is -1.83. The van der Waals surface area contributed by atoms with Crippen LogP contribution in [0.15, 0.2) is 58.3 Å². The third-order valence-corrected chi connectivity index (χ3v) is 5.56. The number of aromatic nitrogens is 2. The van der Waals surface area contributed by atoms with Gasteiger partial charge in [-0.1, -0.05) is 18.2 Å². The third kappa shape index (κ3) is 3.80. The number of benzene rings is 1. The number of fused-ring (bicyclic) bond motifs is 1. The van der Waals surface area contributed by atoms with Crippen molar-refractivity contribution in [2.75, 3.05) is 6.54 Å². The fraction of sp³-hybridized carbons (Fsp3) is 0.176. The Balaban J connectivity index is 1.70. The van der Waals surface area contributed by atoms with Crippen LogP contribution in [0.25, 0.3) is 10.9 Å². The lowest BCUT2D eigenvalue weighted by atomic mass is 10.1. The van der Waals surface area contributed by atoms with Gasteiger partial charge in [-0.15, -0.1) is 0 Å². The number of nitrogens with zero attached hydrogens (tertiary/aromatic N) is 2. The predicted octanol–water partition coefficient (Wildman–Crippen LogP) is 3.22. The molecule has 0 radical (unpaired) electrons. The average Bonchev–Trinajstić information content (AvgIpc) is 2.54. The van der Waals surface area contributed by atoms with E-state index in [4.69, 9.17) is 0 Å². The zero-order chi connectivity index (χ0) is 17.2. The maximum atomic E-state index is 12.4. The van der Waals surface area contributed by atoms with Crippen LogP contribution in [0.5, 0.6) is 0 Å². The number of halogens is 1. The summed E-state index contributed by atoms with van der Waals surface area (Å²) < 4.78 is 28.1. The van der Waals surface area contributed by atoms with Crippen molar-refractivity contribution in [2.24, 2.45) is 0 Å². The van der Waals surface area contributed by atoms with Gasteiger partial charge in [0, 0.05) is 28.8 Å². The Morgan fingerprint density at radius 3 is 2.71 bits per heavy atom. The lowest BCUT2D eigenvalue weighted by molar-refractivity contribution is 0.576. The Morgan fingerprint density at radius 2 is 1.92 bits per heavy atom. The van der Waals surface area contributed by atoms with Gasteiger partial charge in [-0.05, 0) is 58.6 Å². The minimum absolute atomic E-state index is 0.0577. The van der Waals surface area contributed by atoms with Gasteiger partial charge < -0.3 is 0 Å². The first kappa shape index (κ1) is 17.0. The van der Waals surface area contributed by atoms with Crippen LogP contribution in [0.2, 0.25) is 0 Å². The van der Waals surface area contributed by atoms with Gasteiger partial charge in [0.05, 0.1) is 5.52 Å². The van der Waals surface area contributed by atoms with Gasteiger partial charge in [0.15, 0.2) is 5.03 Å². The van der Waals surface area contributed by atoms with E-state index in [1.807, 2.05) is 30.3 Å². The number of hydrogen-bond donors (Lipinski definition) is 1. The summed E-state index contributed by atoms with van der Waals surface area (Å²) in [7, 11) is -3.62. The highest BCUT2D eigenvalue weighted by Gasteiger charge is 2.18. The van der Waals surface area contributed by atoms with E-state index < -0.39 is 10.0 Å². The number of aryl methyl sites for hydroxylation is 1. The molecule has 0 atom stereocenters. The van der Waals surface area contributed by atoms with Crippen LogP contribution in [0.1, 0.15) is 11.1 Å². The van der Waals surface area contributed by atoms with E-state index >= 15 is 0 Å². The fourth-order valence-corrected chi connectivity index (χ4v) is 4.09. The van der Waals surface area contributed by atoms with Gasteiger partial charge in [-0.25, -0.2) is 18.1 Å². The monoisotopic (exact) mass is 405 g/mol. The molecule has 0 aliphatic carbocycles.